The zero-order valence-corrected chi connectivity index (χ0v) is 15.0. The second kappa shape index (κ2) is 6.46. The van der Waals surface area contributed by atoms with E-state index in [1.54, 1.807) is 24.8 Å². The first-order valence-electron chi connectivity index (χ1n) is 9.10. The largest absolute Gasteiger partial charge is 0.356 e. The van der Waals surface area contributed by atoms with Crippen LogP contribution in [-0.4, -0.2) is 42.6 Å². The molecular weight excluding hydrogens is 342 g/mol. The van der Waals surface area contributed by atoms with E-state index in [1.165, 1.54) is 12.8 Å². The normalized spacial score (nSPS) is 17.5. The van der Waals surface area contributed by atoms with Crippen LogP contribution in [0, 0.1) is 5.92 Å². The van der Waals surface area contributed by atoms with Gasteiger partial charge in [-0.3, -0.25) is 9.38 Å². The number of piperidine rings is 1. The fourth-order valence-electron chi connectivity index (χ4n) is 3.57. The maximum Gasteiger partial charge on any atom is 0.258 e. The van der Waals surface area contributed by atoms with Crippen LogP contribution in [0.15, 0.2) is 47.6 Å². The second-order valence-corrected chi connectivity index (χ2v) is 6.97. The Labute approximate surface area is 155 Å². The fraction of sp³-hybridized carbons (Fsp3) is 0.316. The molecule has 5 heterocycles. The van der Waals surface area contributed by atoms with Crippen molar-refractivity contribution in [3.05, 3.63) is 43.1 Å². The lowest BCUT2D eigenvalue weighted by Gasteiger charge is -2.31. The molecule has 0 N–H and O–H groups in total. The van der Waals surface area contributed by atoms with Gasteiger partial charge in [0.2, 0.25) is 5.82 Å². The van der Waals surface area contributed by atoms with Crippen LogP contribution < -0.4 is 4.90 Å². The van der Waals surface area contributed by atoms with Crippen molar-refractivity contribution in [3.63, 3.8) is 0 Å². The molecule has 8 heteroatoms. The predicted octanol–water partition coefficient (Wildman–Crippen LogP) is 3.08. The van der Waals surface area contributed by atoms with Crippen LogP contribution in [0.4, 0.5) is 5.82 Å². The van der Waals surface area contributed by atoms with Crippen molar-refractivity contribution < 1.29 is 4.52 Å². The molecule has 1 atom stereocenters. The van der Waals surface area contributed by atoms with Crippen LogP contribution in [0.5, 0.6) is 0 Å². The number of hydrogen-bond donors (Lipinski definition) is 0. The molecule has 0 amide bonds. The van der Waals surface area contributed by atoms with Crippen LogP contribution in [0.1, 0.15) is 19.8 Å². The van der Waals surface area contributed by atoms with Gasteiger partial charge in [0.25, 0.3) is 5.89 Å². The molecule has 4 aromatic rings. The number of pyridine rings is 1. The summed E-state index contributed by atoms with van der Waals surface area (Å²) < 4.78 is 7.41. The summed E-state index contributed by atoms with van der Waals surface area (Å²) in [5.74, 6) is 2.61. The van der Waals surface area contributed by atoms with E-state index in [4.69, 9.17) is 4.52 Å². The lowest BCUT2D eigenvalue weighted by Crippen LogP contribution is -2.34. The third-order valence-corrected chi connectivity index (χ3v) is 4.95. The number of fused-ring (bicyclic) bond motifs is 1. The highest BCUT2D eigenvalue weighted by Gasteiger charge is 2.19. The molecule has 4 aromatic heterocycles. The van der Waals surface area contributed by atoms with Gasteiger partial charge >= 0.3 is 0 Å². The van der Waals surface area contributed by atoms with Crippen LogP contribution >= 0.6 is 0 Å². The Balaban J connectivity index is 1.47. The van der Waals surface area contributed by atoms with Gasteiger partial charge in [-0.25, -0.2) is 9.97 Å². The Kier molecular flexibility index (Phi) is 3.81. The minimum Gasteiger partial charge on any atom is -0.356 e. The van der Waals surface area contributed by atoms with E-state index in [9.17, 15) is 0 Å². The Morgan fingerprint density at radius 1 is 1.19 bits per heavy atom. The molecule has 5 rings (SSSR count). The Hall–Kier alpha value is -3.29. The zero-order chi connectivity index (χ0) is 18.2. The molecule has 0 aromatic carbocycles. The summed E-state index contributed by atoms with van der Waals surface area (Å²) in [5.41, 5.74) is 2.37. The summed E-state index contributed by atoms with van der Waals surface area (Å²) in [7, 11) is 0. The first kappa shape index (κ1) is 15.9. The van der Waals surface area contributed by atoms with Gasteiger partial charge in [-0.2, -0.15) is 4.98 Å². The Morgan fingerprint density at radius 2 is 2.15 bits per heavy atom. The van der Waals surface area contributed by atoms with E-state index in [-0.39, 0.29) is 0 Å². The van der Waals surface area contributed by atoms with E-state index < -0.39 is 0 Å². The van der Waals surface area contributed by atoms with Gasteiger partial charge in [0.15, 0.2) is 5.65 Å². The molecular formula is C19H19N7O. The van der Waals surface area contributed by atoms with Crippen molar-refractivity contribution in [1.29, 1.82) is 0 Å². The third kappa shape index (κ3) is 2.92. The predicted molar refractivity (Wildman–Crippen MR) is 100 cm³/mol. The maximum absolute atomic E-state index is 5.52. The molecule has 0 saturated carbocycles. The monoisotopic (exact) mass is 361 g/mol. The lowest BCUT2D eigenvalue weighted by atomic mass is 10.0. The fourth-order valence-corrected chi connectivity index (χ4v) is 3.57. The summed E-state index contributed by atoms with van der Waals surface area (Å²) in [5, 5.41) is 4.14. The lowest BCUT2D eigenvalue weighted by molar-refractivity contribution is 0.431. The van der Waals surface area contributed by atoms with Gasteiger partial charge in [-0.1, -0.05) is 12.1 Å². The SMILES string of the molecule is CC1CCCN(c2cc(-c3nc(-c4cnc5cnccn45)no3)ccn2)C1. The minimum atomic E-state index is 0.475. The molecule has 1 aliphatic heterocycles. The van der Waals surface area contributed by atoms with Gasteiger partial charge in [0.1, 0.15) is 11.5 Å². The molecule has 1 aliphatic rings. The highest BCUT2D eigenvalue weighted by molar-refractivity contribution is 5.62. The van der Waals surface area contributed by atoms with Crippen LogP contribution in [0.3, 0.4) is 0 Å². The van der Waals surface area contributed by atoms with E-state index >= 15 is 0 Å². The average Bonchev–Trinajstić information content (AvgIpc) is 3.35. The van der Waals surface area contributed by atoms with Crippen molar-refractivity contribution in [2.75, 3.05) is 18.0 Å². The summed E-state index contributed by atoms with van der Waals surface area (Å²) >= 11 is 0. The van der Waals surface area contributed by atoms with E-state index in [1.807, 2.05) is 22.7 Å². The van der Waals surface area contributed by atoms with E-state index in [0.717, 1.165) is 35.8 Å². The summed E-state index contributed by atoms with van der Waals surface area (Å²) in [4.78, 5) is 19.8. The van der Waals surface area contributed by atoms with E-state index in [0.29, 0.717) is 17.6 Å². The highest BCUT2D eigenvalue weighted by atomic mass is 16.5. The van der Waals surface area contributed by atoms with Crippen LogP contribution in [-0.2, 0) is 0 Å². The quantitative estimate of drug-likeness (QED) is 0.554. The Bertz CT molecular complexity index is 1090. The number of nitrogens with zero attached hydrogens (tertiary/aromatic N) is 7. The van der Waals surface area contributed by atoms with Crippen molar-refractivity contribution in [2.45, 2.75) is 19.8 Å². The second-order valence-electron chi connectivity index (χ2n) is 6.97. The van der Waals surface area contributed by atoms with Gasteiger partial charge in [-0.05, 0) is 30.9 Å². The molecule has 1 unspecified atom stereocenters. The number of aromatic nitrogens is 6. The average molecular weight is 361 g/mol. The van der Waals surface area contributed by atoms with Crippen LogP contribution in [0.2, 0.25) is 0 Å². The zero-order valence-electron chi connectivity index (χ0n) is 15.0. The van der Waals surface area contributed by atoms with Crippen molar-refractivity contribution in [1.82, 2.24) is 29.5 Å². The highest BCUT2D eigenvalue weighted by Crippen LogP contribution is 2.27. The van der Waals surface area contributed by atoms with Gasteiger partial charge in [0.05, 0.1) is 12.4 Å². The molecule has 0 aliphatic carbocycles. The molecule has 8 nitrogen and oxygen atoms in total. The molecule has 136 valence electrons. The van der Waals surface area contributed by atoms with Crippen LogP contribution in [0.25, 0.3) is 28.6 Å². The molecule has 1 fully saturated rings. The smallest absolute Gasteiger partial charge is 0.258 e. The first-order valence-corrected chi connectivity index (χ1v) is 9.10. The number of anilines is 1. The van der Waals surface area contributed by atoms with Crippen molar-refractivity contribution >= 4 is 11.5 Å². The third-order valence-electron chi connectivity index (χ3n) is 4.95. The van der Waals surface area contributed by atoms with Crippen molar-refractivity contribution in [2.24, 2.45) is 5.92 Å². The molecule has 27 heavy (non-hydrogen) atoms. The summed E-state index contributed by atoms with van der Waals surface area (Å²) in [6.45, 7) is 4.35. The maximum atomic E-state index is 5.52. The van der Waals surface area contributed by atoms with Gasteiger partial charge < -0.3 is 9.42 Å². The van der Waals surface area contributed by atoms with E-state index in [2.05, 4.69) is 36.9 Å². The molecule has 1 saturated heterocycles. The minimum absolute atomic E-state index is 0.475. The molecule has 0 bridgehead atoms. The molecule has 0 radical (unpaired) electrons. The Morgan fingerprint density at radius 3 is 3.07 bits per heavy atom. The first-order chi connectivity index (χ1) is 13.3. The number of rotatable bonds is 3. The van der Waals surface area contributed by atoms with Gasteiger partial charge in [-0.15, -0.1) is 0 Å². The summed E-state index contributed by atoms with van der Waals surface area (Å²) in [6.07, 6.45) is 11.2. The van der Waals surface area contributed by atoms with Gasteiger partial charge in [0, 0.05) is 37.2 Å². The standard InChI is InChI=1S/C19H19N7O/c1-13-3-2-7-25(12-13)16-9-14(4-5-21-16)19-23-18(24-27-19)15-10-22-17-11-20-6-8-26(15)17/h4-6,8-11,13H,2-3,7,12H2,1H3. The topological polar surface area (TPSA) is 85.2 Å². The summed E-state index contributed by atoms with van der Waals surface area (Å²) in [6, 6.07) is 3.92. The molecule has 0 spiro atoms. The number of hydrogen-bond acceptors (Lipinski definition) is 7. The number of imidazole rings is 1. The van der Waals surface area contributed by atoms with Crippen molar-refractivity contribution in [3.8, 4) is 23.0 Å².